The first-order chi connectivity index (χ1) is 13.8. The van der Waals surface area contributed by atoms with E-state index in [0.717, 1.165) is 16.6 Å². The molecule has 0 saturated carbocycles. The van der Waals surface area contributed by atoms with E-state index < -0.39 is 6.10 Å². The van der Waals surface area contributed by atoms with E-state index in [1.54, 1.807) is 0 Å². The van der Waals surface area contributed by atoms with Gasteiger partial charge >= 0.3 is 0 Å². The molecule has 0 amide bonds. The molecule has 0 spiro atoms. The van der Waals surface area contributed by atoms with E-state index in [1.807, 2.05) is 0 Å². The molecular weight excluding hydrogens is 492 g/mol. The number of nitrogens with one attached hydrogen (secondary N) is 1. The number of hydrogen-bond acceptors (Lipinski definition) is 2. The Labute approximate surface area is 189 Å². The zero-order chi connectivity index (χ0) is 20.7. The summed E-state index contributed by atoms with van der Waals surface area (Å²) >= 11 is 7.32. The zero-order valence-corrected chi connectivity index (χ0v) is 20.1. The molecule has 2 N–H and O–H groups in total. The van der Waals surface area contributed by atoms with Crippen molar-refractivity contribution in [3.63, 3.8) is 0 Å². The number of hydrogen-bond donors (Lipinski definition) is 2. The van der Waals surface area contributed by atoms with E-state index >= 15 is 0 Å². The molecule has 1 aliphatic carbocycles. The lowest BCUT2D eigenvalue weighted by Crippen LogP contribution is -2.26. The third-order valence-electron chi connectivity index (χ3n) is 5.82. The highest BCUT2D eigenvalue weighted by molar-refractivity contribution is 9.11. The second-order valence-corrected chi connectivity index (χ2v) is 10.0. The second-order valence-electron chi connectivity index (χ2n) is 8.10. The number of fused-ring (bicyclic) bond motifs is 3. The summed E-state index contributed by atoms with van der Waals surface area (Å²) in [6, 6.07) is 12.7. The lowest BCUT2D eigenvalue weighted by atomic mass is 9.93. The molecule has 0 fully saturated rings. The minimum Gasteiger partial charge on any atom is -0.389 e. The van der Waals surface area contributed by atoms with Gasteiger partial charge in [-0.3, -0.25) is 0 Å². The fourth-order valence-corrected chi connectivity index (χ4v) is 5.30. The fraction of sp³-hybridized carbons (Fsp3) is 0.333. The van der Waals surface area contributed by atoms with Gasteiger partial charge in [0.05, 0.1) is 12.6 Å². The number of aryl methyl sites for hydroxylation is 2. The monoisotopic (exact) mass is 516 g/mol. The summed E-state index contributed by atoms with van der Waals surface area (Å²) in [5, 5.41) is 15.5. The van der Waals surface area contributed by atoms with Crippen molar-refractivity contribution in [1.29, 1.82) is 0 Å². The number of rotatable bonds is 5. The second kappa shape index (κ2) is 8.29. The van der Waals surface area contributed by atoms with Crippen LogP contribution < -0.4 is 5.32 Å². The molecule has 0 aliphatic heterocycles. The first-order valence-electron chi connectivity index (χ1n) is 10.0. The van der Waals surface area contributed by atoms with E-state index in [2.05, 4.69) is 105 Å². The third kappa shape index (κ3) is 4.18. The molecule has 0 saturated heterocycles. The zero-order valence-electron chi connectivity index (χ0n) is 17.0. The largest absolute Gasteiger partial charge is 0.389 e. The van der Waals surface area contributed by atoms with Crippen molar-refractivity contribution < 1.29 is 5.11 Å². The number of benzene rings is 2. The minimum absolute atomic E-state index is 0.399. The van der Waals surface area contributed by atoms with Crippen LogP contribution in [0.15, 0.2) is 45.4 Å². The SMILES string of the molecule is Cc1ccc(NCC(O)Cn2c3c(c4cc(Br)ccc42)C=C(Br)CC3C)cc1C. The molecule has 29 heavy (non-hydrogen) atoms. The maximum Gasteiger partial charge on any atom is 0.0891 e. The molecule has 0 bridgehead atoms. The molecular formula is C24H26Br2N2O. The van der Waals surface area contributed by atoms with Gasteiger partial charge in [-0.25, -0.2) is 0 Å². The first kappa shape index (κ1) is 20.7. The Balaban J connectivity index is 1.62. The average molecular weight is 518 g/mol. The van der Waals surface area contributed by atoms with Crippen LogP contribution in [0.4, 0.5) is 5.69 Å². The molecule has 2 aromatic carbocycles. The smallest absolute Gasteiger partial charge is 0.0891 e. The van der Waals surface area contributed by atoms with Crippen LogP contribution in [0.2, 0.25) is 0 Å². The predicted molar refractivity (Wildman–Crippen MR) is 130 cm³/mol. The molecule has 3 nitrogen and oxygen atoms in total. The Morgan fingerprint density at radius 2 is 1.93 bits per heavy atom. The van der Waals surface area contributed by atoms with Gasteiger partial charge in [0, 0.05) is 44.8 Å². The van der Waals surface area contributed by atoms with Crippen molar-refractivity contribution in [2.24, 2.45) is 0 Å². The topological polar surface area (TPSA) is 37.2 Å². The maximum absolute atomic E-state index is 10.8. The number of aliphatic hydroxyl groups excluding tert-OH is 1. The number of halogens is 2. The first-order valence-corrected chi connectivity index (χ1v) is 11.6. The summed E-state index contributed by atoms with van der Waals surface area (Å²) in [7, 11) is 0. The molecule has 3 aromatic rings. The molecule has 0 radical (unpaired) electrons. The van der Waals surface area contributed by atoms with Crippen LogP contribution in [0.1, 0.15) is 41.6 Å². The fourth-order valence-electron chi connectivity index (χ4n) is 4.22. The van der Waals surface area contributed by atoms with Crippen LogP contribution in [-0.2, 0) is 6.54 Å². The van der Waals surface area contributed by atoms with Crippen molar-refractivity contribution in [1.82, 2.24) is 4.57 Å². The van der Waals surface area contributed by atoms with E-state index in [-0.39, 0.29) is 0 Å². The highest BCUT2D eigenvalue weighted by Gasteiger charge is 2.25. The molecule has 2 unspecified atom stereocenters. The summed E-state index contributed by atoms with van der Waals surface area (Å²) in [6.07, 6.45) is 2.74. The van der Waals surface area contributed by atoms with Gasteiger partial charge in [0.15, 0.2) is 0 Å². The van der Waals surface area contributed by atoms with Crippen LogP contribution in [-0.4, -0.2) is 22.3 Å². The Hall–Kier alpha value is -1.56. The molecule has 5 heteroatoms. The van der Waals surface area contributed by atoms with Crippen molar-refractivity contribution in [3.8, 4) is 0 Å². The average Bonchev–Trinajstić information content (AvgIpc) is 2.96. The Morgan fingerprint density at radius 1 is 1.14 bits per heavy atom. The molecule has 2 atom stereocenters. The summed E-state index contributed by atoms with van der Waals surface area (Å²) in [4.78, 5) is 0. The van der Waals surface area contributed by atoms with Gasteiger partial charge in [0.2, 0.25) is 0 Å². The van der Waals surface area contributed by atoms with Gasteiger partial charge in [-0.2, -0.15) is 0 Å². The van der Waals surface area contributed by atoms with Gasteiger partial charge in [-0.1, -0.05) is 44.8 Å². The number of aromatic nitrogens is 1. The van der Waals surface area contributed by atoms with Crippen LogP contribution in [0.25, 0.3) is 17.0 Å². The molecule has 4 rings (SSSR count). The number of aliphatic hydroxyl groups is 1. The van der Waals surface area contributed by atoms with Crippen LogP contribution in [0.3, 0.4) is 0 Å². The van der Waals surface area contributed by atoms with Gasteiger partial charge in [-0.05, 0) is 72.3 Å². The van der Waals surface area contributed by atoms with Crippen molar-refractivity contribution in [2.75, 3.05) is 11.9 Å². The van der Waals surface area contributed by atoms with E-state index in [1.165, 1.54) is 37.8 Å². The van der Waals surface area contributed by atoms with E-state index in [9.17, 15) is 5.11 Å². The van der Waals surface area contributed by atoms with Crippen LogP contribution in [0, 0.1) is 13.8 Å². The summed E-state index contributed by atoms with van der Waals surface area (Å²) < 4.78 is 4.61. The lowest BCUT2D eigenvalue weighted by molar-refractivity contribution is 0.166. The van der Waals surface area contributed by atoms with E-state index in [0.29, 0.717) is 19.0 Å². The van der Waals surface area contributed by atoms with Gasteiger partial charge in [-0.15, -0.1) is 0 Å². The normalized spacial score (nSPS) is 17.2. The molecule has 152 valence electrons. The van der Waals surface area contributed by atoms with Gasteiger partial charge < -0.3 is 15.0 Å². The van der Waals surface area contributed by atoms with Gasteiger partial charge in [0.25, 0.3) is 0 Å². The standard InChI is InChI=1S/C24H26Br2N2O/c1-14-4-6-19(9-15(14)2)27-12-20(29)13-28-23-7-5-17(25)10-21(23)22-11-18(26)8-16(3)24(22)28/h4-7,9-11,16,20,27,29H,8,12-13H2,1-3H3. The Kier molecular flexibility index (Phi) is 5.92. The molecule has 1 aromatic heterocycles. The van der Waals surface area contributed by atoms with Crippen molar-refractivity contribution >= 4 is 54.5 Å². The van der Waals surface area contributed by atoms with Crippen LogP contribution >= 0.6 is 31.9 Å². The molecule has 1 heterocycles. The molecule has 1 aliphatic rings. The van der Waals surface area contributed by atoms with Crippen LogP contribution in [0.5, 0.6) is 0 Å². The summed E-state index contributed by atoms with van der Waals surface area (Å²) in [5.41, 5.74) is 7.34. The quantitative estimate of drug-likeness (QED) is 0.393. The Bertz CT molecular complexity index is 1100. The third-order valence-corrected chi connectivity index (χ3v) is 6.86. The summed E-state index contributed by atoms with van der Waals surface area (Å²) in [5.74, 6) is 0.399. The van der Waals surface area contributed by atoms with Crippen molar-refractivity contribution in [3.05, 3.63) is 67.7 Å². The Morgan fingerprint density at radius 3 is 2.69 bits per heavy atom. The number of nitrogens with zero attached hydrogens (tertiary/aromatic N) is 1. The minimum atomic E-state index is -0.485. The highest BCUT2D eigenvalue weighted by Crippen LogP contribution is 2.42. The lowest BCUT2D eigenvalue weighted by Gasteiger charge is -2.23. The van der Waals surface area contributed by atoms with E-state index in [4.69, 9.17) is 0 Å². The van der Waals surface area contributed by atoms with Gasteiger partial charge in [0.1, 0.15) is 0 Å². The summed E-state index contributed by atoms with van der Waals surface area (Å²) in [6.45, 7) is 7.57. The number of anilines is 1. The number of allylic oxidation sites excluding steroid dienone is 1. The highest BCUT2D eigenvalue weighted by atomic mass is 79.9. The maximum atomic E-state index is 10.8. The predicted octanol–water partition coefficient (Wildman–Crippen LogP) is 6.74. The van der Waals surface area contributed by atoms with Crippen molar-refractivity contribution in [2.45, 2.75) is 45.8 Å².